The maximum Gasteiger partial charge on any atom is 0.315 e. The molecule has 3 amide bonds. The van der Waals surface area contributed by atoms with Crippen LogP contribution in [0.5, 0.6) is 0 Å². The van der Waals surface area contributed by atoms with E-state index in [1.165, 1.54) is 38.6 Å². The predicted octanol–water partition coefficient (Wildman–Crippen LogP) is 3.96. The molecule has 176 valence electrons. The molecule has 4 rings (SSSR count). The topological polar surface area (TPSA) is 73.5 Å². The number of piperidine rings is 1. The molecule has 0 atom stereocenters. The second-order valence-corrected chi connectivity index (χ2v) is 10.1. The first-order chi connectivity index (χ1) is 15.6. The summed E-state index contributed by atoms with van der Waals surface area (Å²) in [7, 11) is 0. The molecular weight excluding hydrogens is 400 g/mol. The van der Waals surface area contributed by atoms with Crippen molar-refractivity contribution in [2.45, 2.75) is 88.8 Å². The van der Waals surface area contributed by atoms with Gasteiger partial charge < -0.3 is 20.9 Å². The molecule has 1 aromatic rings. The number of likely N-dealkylation sites (tertiary alicyclic amines) is 1. The molecule has 1 heterocycles. The van der Waals surface area contributed by atoms with Gasteiger partial charge in [-0.1, -0.05) is 62.4 Å². The van der Waals surface area contributed by atoms with Crippen LogP contribution in [0.3, 0.4) is 0 Å². The van der Waals surface area contributed by atoms with Crippen LogP contribution in [0, 0.1) is 5.92 Å². The number of nitrogens with zero attached hydrogens (tertiary/aromatic N) is 1. The fourth-order valence-electron chi connectivity index (χ4n) is 5.75. The van der Waals surface area contributed by atoms with Crippen LogP contribution in [-0.4, -0.2) is 48.1 Å². The van der Waals surface area contributed by atoms with Gasteiger partial charge in [0.1, 0.15) is 5.54 Å². The molecule has 1 aromatic carbocycles. The Bertz CT molecular complexity index is 733. The molecule has 32 heavy (non-hydrogen) atoms. The number of rotatable bonds is 7. The molecule has 2 aliphatic carbocycles. The maximum atomic E-state index is 13.3. The molecule has 6 nitrogen and oxygen atoms in total. The van der Waals surface area contributed by atoms with Gasteiger partial charge in [0, 0.05) is 32.2 Å². The largest absolute Gasteiger partial charge is 0.351 e. The number of hydrogen-bond acceptors (Lipinski definition) is 3. The van der Waals surface area contributed by atoms with Crippen LogP contribution in [0.25, 0.3) is 0 Å². The number of benzene rings is 1. The molecule has 1 aliphatic heterocycles. The Morgan fingerprint density at radius 3 is 2.28 bits per heavy atom. The van der Waals surface area contributed by atoms with Gasteiger partial charge >= 0.3 is 6.03 Å². The molecule has 0 radical (unpaired) electrons. The number of carbonyl (C=O) groups is 2. The Kier molecular flexibility index (Phi) is 8.06. The summed E-state index contributed by atoms with van der Waals surface area (Å²) in [4.78, 5) is 28.5. The molecule has 2 saturated carbocycles. The fourth-order valence-corrected chi connectivity index (χ4v) is 5.75. The summed E-state index contributed by atoms with van der Waals surface area (Å²) in [5, 5.41) is 9.26. The van der Waals surface area contributed by atoms with Crippen molar-refractivity contribution < 1.29 is 9.59 Å². The predicted molar refractivity (Wildman–Crippen MR) is 127 cm³/mol. The lowest BCUT2D eigenvalue weighted by molar-refractivity contribution is -0.128. The molecule has 1 saturated heterocycles. The number of amides is 3. The van der Waals surface area contributed by atoms with E-state index in [1.807, 2.05) is 30.3 Å². The van der Waals surface area contributed by atoms with E-state index in [0.29, 0.717) is 6.54 Å². The van der Waals surface area contributed by atoms with Crippen LogP contribution in [0.1, 0.15) is 76.2 Å². The van der Waals surface area contributed by atoms with Crippen LogP contribution in [0.15, 0.2) is 30.3 Å². The van der Waals surface area contributed by atoms with Crippen molar-refractivity contribution in [1.29, 1.82) is 0 Å². The second-order valence-electron chi connectivity index (χ2n) is 10.1. The van der Waals surface area contributed by atoms with Gasteiger partial charge in [0.05, 0.1) is 0 Å². The Morgan fingerprint density at radius 1 is 0.906 bits per heavy atom. The summed E-state index contributed by atoms with van der Waals surface area (Å²) in [5.74, 6) is 0.880. The molecule has 3 aliphatic rings. The first kappa shape index (κ1) is 23.1. The van der Waals surface area contributed by atoms with Crippen LogP contribution in [0.4, 0.5) is 4.79 Å². The van der Waals surface area contributed by atoms with Crippen molar-refractivity contribution in [1.82, 2.24) is 20.9 Å². The van der Waals surface area contributed by atoms with Gasteiger partial charge in [-0.05, 0) is 50.0 Å². The molecule has 0 bridgehead atoms. The SMILES string of the molecule is O=C(NCc1ccccc1)NC1(C(=O)NC2CCN(CC3CCCCC3)CC2)CCCC1. The zero-order valence-corrected chi connectivity index (χ0v) is 19.4. The molecule has 0 aromatic heterocycles. The van der Waals surface area contributed by atoms with Crippen molar-refractivity contribution in [3.05, 3.63) is 35.9 Å². The highest BCUT2D eigenvalue weighted by atomic mass is 16.2. The summed E-state index contributed by atoms with van der Waals surface area (Å²) in [6.07, 6.45) is 12.4. The summed E-state index contributed by atoms with van der Waals surface area (Å²) in [6, 6.07) is 9.81. The van der Waals surface area contributed by atoms with Crippen molar-refractivity contribution in [2.75, 3.05) is 19.6 Å². The highest BCUT2D eigenvalue weighted by molar-refractivity contribution is 5.91. The Labute approximate surface area is 192 Å². The number of hydrogen-bond donors (Lipinski definition) is 3. The lowest BCUT2D eigenvalue weighted by Crippen LogP contribution is -2.61. The average molecular weight is 441 g/mol. The van der Waals surface area contributed by atoms with E-state index < -0.39 is 5.54 Å². The summed E-state index contributed by atoms with van der Waals surface area (Å²) < 4.78 is 0. The smallest absolute Gasteiger partial charge is 0.315 e. The van der Waals surface area contributed by atoms with Gasteiger partial charge in [0.25, 0.3) is 0 Å². The van der Waals surface area contributed by atoms with Crippen LogP contribution < -0.4 is 16.0 Å². The van der Waals surface area contributed by atoms with Gasteiger partial charge in [-0.2, -0.15) is 0 Å². The van der Waals surface area contributed by atoms with E-state index in [2.05, 4.69) is 20.9 Å². The highest BCUT2D eigenvalue weighted by Gasteiger charge is 2.43. The van der Waals surface area contributed by atoms with Gasteiger partial charge in [-0.15, -0.1) is 0 Å². The zero-order chi connectivity index (χ0) is 22.2. The number of nitrogens with one attached hydrogen (secondary N) is 3. The first-order valence-electron chi connectivity index (χ1n) is 12.8. The Balaban J connectivity index is 1.23. The standard InChI is InChI=1S/C26H40N4O2/c31-24(28-23-13-17-30(18-14-23)20-22-11-5-2-6-12-22)26(15-7-8-16-26)29-25(32)27-19-21-9-3-1-4-10-21/h1,3-4,9-10,22-23H,2,5-8,11-20H2,(H,28,31)(H2,27,29,32). The lowest BCUT2D eigenvalue weighted by atomic mass is 9.88. The minimum atomic E-state index is -0.764. The second kappa shape index (κ2) is 11.2. The minimum Gasteiger partial charge on any atom is -0.351 e. The van der Waals surface area contributed by atoms with E-state index in [-0.39, 0.29) is 18.0 Å². The fraction of sp³-hybridized carbons (Fsp3) is 0.692. The maximum absolute atomic E-state index is 13.3. The van der Waals surface area contributed by atoms with E-state index in [4.69, 9.17) is 0 Å². The van der Waals surface area contributed by atoms with E-state index >= 15 is 0 Å². The van der Waals surface area contributed by atoms with Gasteiger partial charge in [0.15, 0.2) is 0 Å². The molecule has 3 fully saturated rings. The van der Waals surface area contributed by atoms with E-state index in [0.717, 1.165) is 63.1 Å². The van der Waals surface area contributed by atoms with E-state index in [9.17, 15) is 9.59 Å². The average Bonchev–Trinajstić information content (AvgIpc) is 3.30. The summed E-state index contributed by atoms with van der Waals surface area (Å²) in [5.41, 5.74) is 0.285. The summed E-state index contributed by atoms with van der Waals surface area (Å²) >= 11 is 0. The van der Waals surface area contributed by atoms with Crippen LogP contribution in [0.2, 0.25) is 0 Å². The molecule has 6 heteroatoms. The van der Waals surface area contributed by atoms with Crippen LogP contribution >= 0.6 is 0 Å². The molecule has 0 spiro atoms. The monoisotopic (exact) mass is 440 g/mol. The Hall–Kier alpha value is -2.08. The van der Waals surface area contributed by atoms with E-state index in [1.54, 1.807) is 0 Å². The third-order valence-corrected chi connectivity index (χ3v) is 7.70. The number of urea groups is 1. The van der Waals surface area contributed by atoms with Gasteiger partial charge in [0.2, 0.25) is 5.91 Å². The zero-order valence-electron chi connectivity index (χ0n) is 19.4. The molecular formula is C26H40N4O2. The molecule has 3 N–H and O–H groups in total. The first-order valence-corrected chi connectivity index (χ1v) is 12.8. The van der Waals surface area contributed by atoms with Crippen molar-refractivity contribution in [3.63, 3.8) is 0 Å². The third kappa shape index (κ3) is 6.25. The van der Waals surface area contributed by atoms with Crippen molar-refractivity contribution >= 4 is 11.9 Å². The van der Waals surface area contributed by atoms with Gasteiger partial charge in [-0.25, -0.2) is 4.79 Å². The van der Waals surface area contributed by atoms with Crippen molar-refractivity contribution in [3.8, 4) is 0 Å². The lowest BCUT2D eigenvalue weighted by Gasteiger charge is -2.37. The number of carbonyl (C=O) groups excluding carboxylic acids is 2. The molecule has 0 unspecified atom stereocenters. The Morgan fingerprint density at radius 2 is 1.59 bits per heavy atom. The quantitative estimate of drug-likeness (QED) is 0.601. The minimum absolute atomic E-state index is 0.00981. The third-order valence-electron chi connectivity index (χ3n) is 7.70. The van der Waals surface area contributed by atoms with Crippen molar-refractivity contribution in [2.24, 2.45) is 5.92 Å². The van der Waals surface area contributed by atoms with Crippen LogP contribution in [-0.2, 0) is 11.3 Å². The summed E-state index contributed by atoms with van der Waals surface area (Å²) in [6.45, 7) is 3.83. The van der Waals surface area contributed by atoms with Gasteiger partial charge in [-0.3, -0.25) is 4.79 Å². The highest BCUT2D eigenvalue weighted by Crippen LogP contribution is 2.31. The normalized spacial score (nSPS) is 22.4.